The average Bonchev–Trinajstić information content (AvgIpc) is 2.34. The lowest BCUT2D eigenvalue weighted by Crippen LogP contribution is -2.33. The van der Waals surface area contributed by atoms with E-state index in [-0.39, 0.29) is 24.4 Å². The van der Waals surface area contributed by atoms with E-state index in [1.165, 1.54) is 6.08 Å². The van der Waals surface area contributed by atoms with Gasteiger partial charge in [0.05, 0.1) is 6.04 Å². The van der Waals surface area contributed by atoms with Gasteiger partial charge in [0, 0.05) is 5.54 Å². The van der Waals surface area contributed by atoms with Gasteiger partial charge in [0.15, 0.2) is 0 Å². The topological polar surface area (TPSA) is 55.1 Å². The van der Waals surface area contributed by atoms with Gasteiger partial charge in [-0.3, -0.25) is 4.79 Å². The second-order valence-corrected chi connectivity index (χ2v) is 4.98. The molecule has 0 aliphatic rings. The maximum Gasteiger partial charge on any atom is 0.243 e. The molecule has 0 heterocycles. The van der Waals surface area contributed by atoms with Crippen LogP contribution in [0.3, 0.4) is 0 Å². The van der Waals surface area contributed by atoms with Gasteiger partial charge in [0.1, 0.15) is 0 Å². The fraction of sp³-hybridized carbons (Fsp3) is 0.400. The standard InChI is InChI=1S/C15H22N2O.ClH/c1-5-13(17-14(18)6-2)11-9-7-8-10-12(11)15(3,4)16;/h6-10,13H,2,5,16H2,1,3-4H3,(H,17,18);1H. The predicted molar refractivity (Wildman–Crippen MR) is 82.3 cm³/mol. The average molecular weight is 283 g/mol. The van der Waals surface area contributed by atoms with Crippen LogP contribution in [0.25, 0.3) is 0 Å². The molecular weight excluding hydrogens is 260 g/mol. The van der Waals surface area contributed by atoms with Crippen molar-refractivity contribution >= 4 is 18.3 Å². The van der Waals surface area contributed by atoms with Crippen molar-refractivity contribution in [2.24, 2.45) is 5.73 Å². The molecule has 0 aliphatic carbocycles. The monoisotopic (exact) mass is 282 g/mol. The van der Waals surface area contributed by atoms with E-state index in [0.29, 0.717) is 0 Å². The molecule has 1 aromatic carbocycles. The first-order valence-corrected chi connectivity index (χ1v) is 6.21. The van der Waals surface area contributed by atoms with Crippen LogP contribution in [0, 0.1) is 0 Å². The molecule has 19 heavy (non-hydrogen) atoms. The summed E-state index contributed by atoms with van der Waals surface area (Å²) in [5, 5.41) is 2.93. The number of nitrogens with two attached hydrogens (primary N) is 1. The van der Waals surface area contributed by atoms with Crippen molar-refractivity contribution in [2.45, 2.75) is 38.8 Å². The van der Waals surface area contributed by atoms with Crippen molar-refractivity contribution in [3.8, 4) is 0 Å². The minimum Gasteiger partial charge on any atom is -0.346 e. The highest BCUT2D eigenvalue weighted by Gasteiger charge is 2.22. The van der Waals surface area contributed by atoms with Crippen molar-refractivity contribution in [3.63, 3.8) is 0 Å². The van der Waals surface area contributed by atoms with Gasteiger partial charge in [-0.1, -0.05) is 37.8 Å². The molecule has 1 atom stereocenters. The Morgan fingerprint density at radius 2 is 2.05 bits per heavy atom. The zero-order valence-electron chi connectivity index (χ0n) is 11.8. The zero-order chi connectivity index (χ0) is 13.8. The third kappa shape index (κ3) is 4.69. The molecule has 0 radical (unpaired) electrons. The van der Waals surface area contributed by atoms with E-state index in [1.807, 2.05) is 45.0 Å². The lowest BCUT2D eigenvalue weighted by atomic mass is 9.87. The quantitative estimate of drug-likeness (QED) is 0.816. The van der Waals surface area contributed by atoms with E-state index < -0.39 is 5.54 Å². The summed E-state index contributed by atoms with van der Waals surface area (Å²) >= 11 is 0. The second-order valence-electron chi connectivity index (χ2n) is 4.98. The van der Waals surface area contributed by atoms with E-state index in [2.05, 4.69) is 11.9 Å². The van der Waals surface area contributed by atoms with Crippen LogP contribution in [0.1, 0.15) is 44.4 Å². The molecule has 1 amide bonds. The molecule has 4 heteroatoms. The lowest BCUT2D eigenvalue weighted by Gasteiger charge is -2.27. The fourth-order valence-corrected chi connectivity index (χ4v) is 2.02. The van der Waals surface area contributed by atoms with E-state index in [1.54, 1.807) is 0 Å². The number of rotatable bonds is 5. The molecular formula is C15H23ClN2O. The Hall–Kier alpha value is -1.32. The summed E-state index contributed by atoms with van der Waals surface area (Å²) in [5.41, 5.74) is 7.88. The maximum atomic E-state index is 11.5. The Morgan fingerprint density at radius 3 is 2.53 bits per heavy atom. The Bertz CT molecular complexity index is 438. The Morgan fingerprint density at radius 1 is 1.47 bits per heavy atom. The van der Waals surface area contributed by atoms with Crippen LogP contribution < -0.4 is 11.1 Å². The van der Waals surface area contributed by atoms with Crippen LogP contribution in [0.5, 0.6) is 0 Å². The minimum atomic E-state index is -0.428. The lowest BCUT2D eigenvalue weighted by molar-refractivity contribution is -0.117. The van der Waals surface area contributed by atoms with Crippen LogP contribution in [0.2, 0.25) is 0 Å². The van der Waals surface area contributed by atoms with Crippen LogP contribution in [0.4, 0.5) is 0 Å². The fourth-order valence-electron chi connectivity index (χ4n) is 2.02. The van der Waals surface area contributed by atoms with E-state index in [0.717, 1.165) is 17.5 Å². The summed E-state index contributed by atoms with van der Waals surface area (Å²) < 4.78 is 0. The Labute approximate surface area is 121 Å². The number of amides is 1. The number of hydrogen-bond donors (Lipinski definition) is 2. The molecule has 0 saturated heterocycles. The number of nitrogens with one attached hydrogen (secondary N) is 1. The normalized spacial score (nSPS) is 12.2. The molecule has 0 bridgehead atoms. The second kappa shape index (κ2) is 7.31. The highest BCUT2D eigenvalue weighted by molar-refractivity contribution is 5.87. The SMILES string of the molecule is C=CC(=O)NC(CC)c1ccccc1C(C)(C)N.Cl. The van der Waals surface area contributed by atoms with Crippen LogP contribution >= 0.6 is 12.4 Å². The number of hydrogen-bond acceptors (Lipinski definition) is 2. The molecule has 0 aromatic heterocycles. The van der Waals surface area contributed by atoms with Crippen LogP contribution in [0.15, 0.2) is 36.9 Å². The van der Waals surface area contributed by atoms with Crippen LogP contribution in [-0.2, 0) is 10.3 Å². The number of carbonyl (C=O) groups excluding carboxylic acids is 1. The number of halogens is 1. The van der Waals surface area contributed by atoms with Gasteiger partial charge in [-0.15, -0.1) is 12.4 Å². The van der Waals surface area contributed by atoms with Crippen molar-refractivity contribution in [2.75, 3.05) is 0 Å². The largest absolute Gasteiger partial charge is 0.346 e. The smallest absolute Gasteiger partial charge is 0.243 e. The molecule has 0 saturated carbocycles. The summed E-state index contributed by atoms with van der Waals surface area (Å²) in [6, 6.07) is 7.93. The third-order valence-electron chi connectivity index (χ3n) is 2.94. The van der Waals surface area contributed by atoms with Gasteiger partial charge in [-0.2, -0.15) is 0 Å². The highest BCUT2D eigenvalue weighted by atomic mass is 35.5. The summed E-state index contributed by atoms with van der Waals surface area (Å²) in [5.74, 6) is -0.161. The van der Waals surface area contributed by atoms with Gasteiger partial charge in [0.2, 0.25) is 5.91 Å². The first-order chi connectivity index (χ1) is 8.40. The highest BCUT2D eigenvalue weighted by Crippen LogP contribution is 2.27. The maximum absolute atomic E-state index is 11.5. The minimum absolute atomic E-state index is 0. The number of carbonyl (C=O) groups is 1. The molecule has 0 aliphatic heterocycles. The molecule has 0 fully saturated rings. The Kier molecular flexibility index (Phi) is 6.81. The van der Waals surface area contributed by atoms with Crippen molar-refractivity contribution < 1.29 is 4.79 Å². The third-order valence-corrected chi connectivity index (χ3v) is 2.94. The van der Waals surface area contributed by atoms with Gasteiger partial charge < -0.3 is 11.1 Å². The van der Waals surface area contributed by atoms with E-state index >= 15 is 0 Å². The van der Waals surface area contributed by atoms with Gasteiger partial charge in [-0.05, 0) is 37.5 Å². The van der Waals surface area contributed by atoms with Gasteiger partial charge in [0.25, 0.3) is 0 Å². The van der Waals surface area contributed by atoms with Crippen molar-refractivity contribution in [1.82, 2.24) is 5.32 Å². The number of benzene rings is 1. The Balaban J connectivity index is 0.00000324. The molecule has 1 unspecified atom stereocenters. The van der Waals surface area contributed by atoms with E-state index in [4.69, 9.17) is 5.73 Å². The molecule has 1 rings (SSSR count). The van der Waals surface area contributed by atoms with Gasteiger partial charge >= 0.3 is 0 Å². The molecule has 1 aromatic rings. The summed E-state index contributed by atoms with van der Waals surface area (Å²) in [7, 11) is 0. The van der Waals surface area contributed by atoms with E-state index in [9.17, 15) is 4.79 Å². The molecule has 0 spiro atoms. The summed E-state index contributed by atoms with van der Waals surface area (Å²) in [4.78, 5) is 11.5. The molecule has 3 N–H and O–H groups in total. The van der Waals surface area contributed by atoms with Crippen LogP contribution in [-0.4, -0.2) is 5.91 Å². The summed E-state index contributed by atoms with van der Waals surface area (Å²) in [6.07, 6.45) is 2.10. The summed E-state index contributed by atoms with van der Waals surface area (Å²) in [6.45, 7) is 9.44. The van der Waals surface area contributed by atoms with Crippen molar-refractivity contribution in [1.29, 1.82) is 0 Å². The first kappa shape index (κ1) is 17.7. The zero-order valence-corrected chi connectivity index (χ0v) is 12.6. The first-order valence-electron chi connectivity index (χ1n) is 6.21. The molecule has 106 valence electrons. The predicted octanol–water partition coefficient (Wildman–Crippen LogP) is 3.06. The van der Waals surface area contributed by atoms with Crippen molar-refractivity contribution in [3.05, 3.63) is 48.0 Å². The van der Waals surface area contributed by atoms with Gasteiger partial charge in [-0.25, -0.2) is 0 Å². The molecule has 3 nitrogen and oxygen atoms in total.